The first-order valence-electron chi connectivity index (χ1n) is 9.93. The Bertz CT molecular complexity index is 1750. The van der Waals surface area contributed by atoms with E-state index in [0.29, 0.717) is 0 Å². The lowest BCUT2D eigenvalue weighted by Gasteiger charge is -2.12. The molecule has 3 rings (SSSR count). The van der Waals surface area contributed by atoms with Crippen LogP contribution in [0.1, 0.15) is 6.92 Å². The first-order chi connectivity index (χ1) is 17.0. The number of aromatic hydroxyl groups is 1. The molecule has 0 heterocycles. The fraction of sp³-hybridized carbons (Fsp3) is 0.150. The zero-order valence-electron chi connectivity index (χ0n) is 18.8. The van der Waals surface area contributed by atoms with Gasteiger partial charge in [-0.05, 0) is 47.9 Å². The number of nitrogens with zero attached hydrogens (tertiary/aromatic N) is 2. The Morgan fingerprint density at radius 2 is 1.54 bits per heavy atom. The number of fused-ring (bicyclic) bond motifs is 1. The third kappa shape index (κ3) is 6.38. The molecule has 0 radical (unpaired) electrons. The van der Waals surface area contributed by atoms with Crippen LogP contribution in [0.25, 0.3) is 10.8 Å². The minimum Gasteiger partial charge on any atom is -0.505 e. The molecule has 0 unspecified atom stereocenters. The van der Waals surface area contributed by atoms with E-state index in [-0.39, 0.29) is 33.6 Å². The predicted octanol–water partition coefficient (Wildman–Crippen LogP) is 2.37. The Morgan fingerprint density at radius 1 is 0.919 bits per heavy atom. The molecule has 0 spiro atoms. The first-order valence-corrected chi connectivity index (χ1v) is 14.5. The number of phenolic OH excluding ortho intramolecular Hbond substituents is 1. The Kier molecular flexibility index (Phi) is 7.57. The minimum atomic E-state index is -5.04. The van der Waals surface area contributed by atoms with Crippen LogP contribution < -0.4 is 5.73 Å². The van der Waals surface area contributed by atoms with Crippen molar-refractivity contribution in [2.45, 2.75) is 21.6 Å². The largest absolute Gasteiger partial charge is 0.505 e. The minimum absolute atomic E-state index is 0.0226. The third-order valence-corrected chi connectivity index (χ3v) is 8.24. The SMILES string of the molecule is CC(=O)OCCS(=O)(=O)c1ccc(N=Nc2c(S(=O)(=O)O)cc3cc(S(=O)(=O)O)cc(N)c3c2O)cc1. The smallest absolute Gasteiger partial charge is 0.302 e. The van der Waals surface area contributed by atoms with Crippen molar-refractivity contribution in [3.63, 3.8) is 0 Å². The molecule has 0 fully saturated rings. The van der Waals surface area contributed by atoms with Gasteiger partial charge in [0.2, 0.25) is 0 Å². The van der Waals surface area contributed by atoms with E-state index in [1.807, 2.05) is 0 Å². The predicted molar refractivity (Wildman–Crippen MR) is 129 cm³/mol. The van der Waals surface area contributed by atoms with Crippen molar-refractivity contribution in [2.75, 3.05) is 18.1 Å². The number of carbonyl (C=O) groups excluding carboxylic acids is 1. The molecule has 0 atom stereocenters. The molecular formula is C20H19N3O11S3. The van der Waals surface area contributed by atoms with Gasteiger partial charge in [-0.1, -0.05) is 0 Å². The van der Waals surface area contributed by atoms with Gasteiger partial charge in [0.25, 0.3) is 20.2 Å². The average molecular weight is 574 g/mol. The van der Waals surface area contributed by atoms with Crippen LogP contribution in [0.5, 0.6) is 5.75 Å². The molecule has 198 valence electrons. The summed E-state index contributed by atoms with van der Waals surface area (Å²) in [5.74, 6) is -1.96. The van der Waals surface area contributed by atoms with Gasteiger partial charge in [0.05, 0.1) is 21.2 Å². The number of hydrogen-bond acceptors (Lipinski definition) is 12. The third-order valence-electron chi connectivity index (χ3n) is 4.85. The van der Waals surface area contributed by atoms with Gasteiger partial charge in [0.15, 0.2) is 15.6 Å². The second-order valence-electron chi connectivity index (χ2n) is 7.49. The van der Waals surface area contributed by atoms with Gasteiger partial charge in [0, 0.05) is 18.0 Å². The Morgan fingerprint density at radius 3 is 2.08 bits per heavy atom. The number of sulfone groups is 1. The number of phenols is 1. The molecule has 0 aliphatic rings. The van der Waals surface area contributed by atoms with Crippen molar-refractivity contribution in [3.05, 3.63) is 42.5 Å². The molecule has 3 aromatic rings. The molecule has 37 heavy (non-hydrogen) atoms. The number of azo groups is 1. The van der Waals surface area contributed by atoms with Crippen LogP contribution in [0.15, 0.2) is 67.4 Å². The zero-order valence-corrected chi connectivity index (χ0v) is 21.2. The molecule has 0 saturated heterocycles. The number of ether oxygens (including phenoxy) is 1. The van der Waals surface area contributed by atoms with E-state index in [0.717, 1.165) is 25.1 Å². The summed E-state index contributed by atoms with van der Waals surface area (Å²) in [5.41, 5.74) is 4.72. The summed E-state index contributed by atoms with van der Waals surface area (Å²) < 4.78 is 95.0. The van der Waals surface area contributed by atoms with Gasteiger partial charge in [-0.3, -0.25) is 13.9 Å². The first kappa shape index (κ1) is 27.9. The number of rotatable bonds is 8. The van der Waals surface area contributed by atoms with Crippen LogP contribution >= 0.6 is 0 Å². The van der Waals surface area contributed by atoms with Gasteiger partial charge in [-0.2, -0.15) is 21.9 Å². The summed E-state index contributed by atoms with van der Waals surface area (Å²) in [6.45, 7) is 0.798. The summed E-state index contributed by atoms with van der Waals surface area (Å²) in [6.07, 6.45) is 0. The van der Waals surface area contributed by atoms with E-state index in [1.165, 1.54) is 24.3 Å². The van der Waals surface area contributed by atoms with E-state index in [9.17, 15) is 44.3 Å². The Labute approximate surface area is 210 Å². The van der Waals surface area contributed by atoms with Crippen LogP contribution in [-0.2, 0) is 39.6 Å². The molecule has 17 heteroatoms. The Hall–Kier alpha value is -3.64. The quantitative estimate of drug-likeness (QED) is 0.131. The van der Waals surface area contributed by atoms with Crippen molar-refractivity contribution in [1.82, 2.24) is 0 Å². The van der Waals surface area contributed by atoms with E-state index >= 15 is 0 Å². The fourth-order valence-corrected chi connectivity index (χ4v) is 5.47. The number of hydrogen-bond donors (Lipinski definition) is 4. The van der Waals surface area contributed by atoms with Crippen molar-refractivity contribution < 1.29 is 49.0 Å². The summed E-state index contributed by atoms with van der Waals surface area (Å²) in [6, 6.07) is 7.23. The topological polar surface area (TPSA) is 240 Å². The van der Waals surface area contributed by atoms with Gasteiger partial charge in [-0.15, -0.1) is 5.11 Å². The molecule has 0 saturated carbocycles. The lowest BCUT2D eigenvalue weighted by Crippen LogP contribution is -2.14. The molecule has 0 aromatic heterocycles. The van der Waals surface area contributed by atoms with Crippen LogP contribution in [-0.4, -0.2) is 57.8 Å². The zero-order chi connectivity index (χ0) is 27.8. The number of nitrogens with two attached hydrogens (primary N) is 1. The fourth-order valence-electron chi connectivity index (χ4n) is 3.17. The number of nitrogen functional groups attached to an aromatic ring is 1. The van der Waals surface area contributed by atoms with E-state index in [1.54, 1.807) is 0 Å². The van der Waals surface area contributed by atoms with E-state index < -0.39 is 63.0 Å². The molecule has 0 aliphatic carbocycles. The van der Waals surface area contributed by atoms with E-state index in [4.69, 9.17) is 5.73 Å². The lowest BCUT2D eigenvalue weighted by atomic mass is 10.1. The van der Waals surface area contributed by atoms with Crippen LogP contribution in [0, 0.1) is 0 Å². The number of carbonyl (C=O) groups is 1. The maximum absolute atomic E-state index is 12.3. The monoisotopic (exact) mass is 573 g/mol. The van der Waals surface area contributed by atoms with E-state index in [2.05, 4.69) is 15.0 Å². The summed E-state index contributed by atoms with van der Waals surface area (Å²) in [4.78, 5) is 9.05. The average Bonchev–Trinajstić information content (AvgIpc) is 2.76. The highest BCUT2D eigenvalue weighted by Crippen LogP contribution is 2.44. The van der Waals surface area contributed by atoms with Gasteiger partial charge < -0.3 is 15.6 Å². The molecular weight excluding hydrogens is 554 g/mol. The normalized spacial score (nSPS) is 12.7. The number of esters is 1. The van der Waals surface area contributed by atoms with Crippen molar-refractivity contribution in [2.24, 2.45) is 10.2 Å². The van der Waals surface area contributed by atoms with Crippen molar-refractivity contribution >= 4 is 63.9 Å². The summed E-state index contributed by atoms with van der Waals surface area (Å²) in [7, 11) is -13.6. The van der Waals surface area contributed by atoms with Crippen LogP contribution in [0.2, 0.25) is 0 Å². The second kappa shape index (κ2) is 10.0. The van der Waals surface area contributed by atoms with Crippen LogP contribution in [0.4, 0.5) is 17.1 Å². The lowest BCUT2D eigenvalue weighted by molar-refractivity contribution is -0.140. The molecule has 0 bridgehead atoms. The van der Waals surface area contributed by atoms with Crippen molar-refractivity contribution in [3.8, 4) is 5.75 Å². The van der Waals surface area contributed by atoms with Gasteiger partial charge in [0.1, 0.15) is 17.2 Å². The second-order valence-corrected chi connectivity index (χ2v) is 12.4. The maximum Gasteiger partial charge on any atom is 0.302 e. The highest BCUT2D eigenvalue weighted by atomic mass is 32.2. The standard InChI is InChI=1S/C20H19N3O11S3/c1-11(24)34-6-7-35(26,27)14-4-2-13(3-5-14)22-23-19-17(37(31,32)33)9-12-8-15(36(28,29)30)10-16(21)18(12)20(19)25/h2-5,8-10,25H,6-7,21H2,1H3,(H,28,29,30)(H,31,32,33). The molecule has 0 amide bonds. The van der Waals surface area contributed by atoms with Crippen LogP contribution in [0.3, 0.4) is 0 Å². The highest BCUT2D eigenvalue weighted by Gasteiger charge is 2.25. The molecule has 14 nitrogen and oxygen atoms in total. The van der Waals surface area contributed by atoms with Gasteiger partial charge >= 0.3 is 5.97 Å². The Balaban J connectivity index is 2.05. The number of anilines is 1. The summed E-state index contributed by atoms with van der Waals surface area (Å²) in [5, 5.41) is 17.6. The maximum atomic E-state index is 12.3. The summed E-state index contributed by atoms with van der Waals surface area (Å²) >= 11 is 0. The van der Waals surface area contributed by atoms with Gasteiger partial charge in [-0.25, -0.2) is 8.42 Å². The highest BCUT2D eigenvalue weighted by molar-refractivity contribution is 7.91. The number of benzene rings is 3. The molecule has 5 N–H and O–H groups in total. The molecule has 3 aromatic carbocycles. The van der Waals surface area contributed by atoms with Crippen molar-refractivity contribution in [1.29, 1.82) is 0 Å². The molecule has 0 aliphatic heterocycles.